The number of rotatable bonds is 6. The highest BCUT2D eigenvalue weighted by Gasteiger charge is 2.28. The van der Waals surface area contributed by atoms with Gasteiger partial charge in [0, 0.05) is 39.4 Å². The normalized spacial score (nSPS) is 22.5. The number of amides is 1. The Kier molecular flexibility index (Phi) is 9.15. The molecule has 1 aliphatic rings. The molecule has 0 fully saturated rings. The number of nitrogens with zero attached hydrogens (tertiary/aromatic N) is 2. The Bertz CT molecular complexity index is 1090. The Balaban J connectivity index is 1.95. The SMILES string of the molecule is CCCN1C[C@@H](C)[C@@H](OC)CN(C)C(=O)c2ccc(NS(=O)(=O)c3ccccc3)cc2OC[C@H]1C. The molecule has 3 atom stereocenters. The van der Waals surface area contributed by atoms with Crippen LogP contribution in [0.4, 0.5) is 5.69 Å². The molecule has 8 nitrogen and oxygen atoms in total. The van der Waals surface area contributed by atoms with Crippen LogP contribution in [0.2, 0.25) is 0 Å². The summed E-state index contributed by atoms with van der Waals surface area (Å²) in [6.45, 7) is 8.94. The predicted molar refractivity (Wildman–Crippen MR) is 137 cm³/mol. The largest absolute Gasteiger partial charge is 0.491 e. The Labute approximate surface area is 209 Å². The van der Waals surface area contributed by atoms with Gasteiger partial charge < -0.3 is 14.4 Å². The topological polar surface area (TPSA) is 88.2 Å². The first-order valence-corrected chi connectivity index (χ1v) is 13.5. The quantitative estimate of drug-likeness (QED) is 0.647. The van der Waals surface area contributed by atoms with Gasteiger partial charge in [0.05, 0.1) is 22.3 Å². The number of likely N-dealkylation sites (N-methyl/N-ethyl adjacent to an activating group) is 1. The molecule has 2 aromatic rings. The number of carbonyl (C=O) groups excluding carboxylic acids is 1. The van der Waals surface area contributed by atoms with Crippen LogP contribution in [0.15, 0.2) is 53.4 Å². The Morgan fingerprint density at radius 3 is 2.49 bits per heavy atom. The molecule has 1 amide bonds. The lowest BCUT2D eigenvalue weighted by atomic mass is 10.0. The maximum Gasteiger partial charge on any atom is 0.261 e. The lowest BCUT2D eigenvalue weighted by molar-refractivity contribution is 0.0108. The highest BCUT2D eigenvalue weighted by Crippen LogP contribution is 2.28. The van der Waals surface area contributed by atoms with Crippen molar-refractivity contribution in [3.63, 3.8) is 0 Å². The third kappa shape index (κ3) is 6.74. The summed E-state index contributed by atoms with van der Waals surface area (Å²) in [7, 11) is -0.347. The van der Waals surface area contributed by atoms with Gasteiger partial charge in [-0.25, -0.2) is 8.42 Å². The summed E-state index contributed by atoms with van der Waals surface area (Å²) >= 11 is 0. The molecule has 2 aromatic carbocycles. The van der Waals surface area contributed by atoms with Gasteiger partial charge in [0.25, 0.3) is 15.9 Å². The van der Waals surface area contributed by atoms with Gasteiger partial charge in [0.1, 0.15) is 12.4 Å². The summed E-state index contributed by atoms with van der Waals surface area (Å²) in [5.74, 6) is 0.365. The molecule has 1 aliphatic heterocycles. The summed E-state index contributed by atoms with van der Waals surface area (Å²) in [5.41, 5.74) is 0.712. The smallest absolute Gasteiger partial charge is 0.261 e. The first kappa shape index (κ1) is 27.0. The van der Waals surface area contributed by atoms with E-state index < -0.39 is 10.0 Å². The molecule has 1 N–H and O–H groups in total. The number of hydrogen-bond donors (Lipinski definition) is 1. The summed E-state index contributed by atoms with van der Waals surface area (Å²) in [4.78, 5) is 17.5. The van der Waals surface area contributed by atoms with E-state index in [1.165, 1.54) is 12.1 Å². The van der Waals surface area contributed by atoms with Crippen LogP contribution in [-0.4, -0.2) is 76.7 Å². The molecule has 3 rings (SSSR count). The van der Waals surface area contributed by atoms with Crippen molar-refractivity contribution in [1.82, 2.24) is 9.80 Å². The maximum atomic E-state index is 13.3. The van der Waals surface area contributed by atoms with Gasteiger partial charge in [-0.2, -0.15) is 0 Å². The molecule has 0 aliphatic carbocycles. The molecule has 1 heterocycles. The molecule has 0 unspecified atom stereocenters. The van der Waals surface area contributed by atoms with E-state index in [9.17, 15) is 13.2 Å². The first-order chi connectivity index (χ1) is 16.7. The zero-order valence-corrected chi connectivity index (χ0v) is 22.0. The molecular weight excluding hydrogens is 466 g/mol. The molecule has 0 saturated heterocycles. The van der Waals surface area contributed by atoms with Crippen LogP contribution in [0.3, 0.4) is 0 Å². The number of fused-ring (bicyclic) bond motifs is 1. The van der Waals surface area contributed by atoms with Crippen LogP contribution in [0.25, 0.3) is 0 Å². The number of anilines is 1. The van der Waals surface area contributed by atoms with Crippen LogP contribution in [-0.2, 0) is 14.8 Å². The van der Waals surface area contributed by atoms with Crippen molar-refractivity contribution < 1.29 is 22.7 Å². The highest BCUT2D eigenvalue weighted by atomic mass is 32.2. The zero-order valence-electron chi connectivity index (χ0n) is 21.2. The second-order valence-corrected chi connectivity index (χ2v) is 10.9. The second-order valence-electron chi connectivity index (χ2n) is 9.22. The Morgan fingerprint density at radius 2 is 1.83 bits per heavy atom. The molecular formula is C26H37N3O5S. The lowest BCUT2D eigenvalue weighted by Crippen LogP contribution is -2.46. The molecule has 0 bridgehead atoms. The van der Waals surface area contributed by atoms with Crippen molar-refractivity contribution in [3.05, 3.63) is 54.1 Å². The first-order valence-electron chi connectivity index (χ1n) is 12.0. The van der Waals surface area contributed by atoms with Crippen molar-refractivity contribution in [2.75, 3.05) is 45.1 Å². The van der Waals surface area contributed by atoms with E-state index in [4.69, 9.17) is 9.47 Å². The van der Waals surface area contributed by atoms with Gasteiger partial charge in [0.2, 0.25) is 0 Å². The number of carbonyl (C=O) groups is 1. The fraction of sp³-hybridized carbons (Fsp3) is 0.500. The molecule has 0 saturated carbocycles. The third-order valence-electron chi connectivity index (χ3n) is 6.39. The molecule has 0 spiro atoms. The monoisotopic (exact) mass is 503 g/mol. The number of methoxy groups -OCH3 is 1. The summed E-state index contributed by atoms with van der Waals surface area (Å²) in [6, 6.07) is 13.0. The van der Waals surface area contributed by atoms with E-state index in [0.29, 0.717) is 30.2 Å². The number of sulfonamides is 1. The van der Waals surface area contributed by atoms with Gasteiger partial charge in [-0.05, 0) is 50.1 Å². The lowest BCUT2D eigenvalue weighted by Gasteiger charge is -2.35. The van der Waals surface area contributed by atoms with Gasteiger partial charge in [-0.1, -0.05) is 32.0 Å². The Hall–Kier alpha value is -2.62. The molecule has 9 heteroatoms. The van der Waals surface area contributed by atoms with Crippen LogP contribution in [0.1, 0.15) is 37.6 Å². The minimum Gasteiger partial charge on any atom is -0.491 e. The number of hydrogen-bond acceptors (Lipinski definition) is 6. The van der Waals surface area contributed by atoms with Crippen LogP contribution in [0, 0.1) is 5.92 Å². The van der Waals surface area contributed by atoms with Gasteiger partial charge in [-0.15, -0.1) is 0 Å². The van der Waals surface area contributed by atoms with Crippen molar-refractivity contribution in [2.45, 2.75) is 44.2 Å². The Morgan fingerprint density at radius 1 is 1.11 bits per heavy atom. The van der Waals surface area contributed by atoms with E-state index in [1.807, 2.05) is 0 Å². The van der Waals surface area contributed by atoms with Crippen molar-refractivity contribution in [1.29, 1.82) is 0 Å². The van der Waals surface area contributed by atoms with Crippen molar-refractivity contribution >= 4 is 21.6 Å². The number of ether oxygens (including phenoxy) is 2. The summed E-state index contributed by atoms with van der Waals surface area (Å²) in [6.07, 6.45) is 0.894. The second kappa shape index (κ2) is 11.9. The van der Waals surface area contributed by atoms with Crippen LogP contribution < -0.4 is 9.46 Å². The number of nitrogens with one attached hydrogen (secondary N) is 1. The minimum atomic E-state index is -3.77. The molecule has 0 aromatic heterocycles. The molecule has 0 radical (unpaired) electrons. The third-order valence-corrected chi connectivity index (χ3v) is 7.79. The van der Waals surface area contributed by atoms with Gasteiger partial charge >= 0.3 is 0 Å². The van der Waals surface area contributed by atoms with Crippen LogP contribution >= 0.6 is 0 Å². The fourth-order valence-corrected chi connectivity index (χ4v) is 5.39. The van der Waals surface area contributed by atoms with E-state index in [0.717, 1.165) is 19.5 Å². The van der Waals surface area contributed by atoms with E-state index >= 15 is 0 Å². The van der Waals surface area contributed by atoms with E-state index in [-0.39, 0.29) is 28.9 Å². The molecule has 35 heavy (non-hydrogen) atoms. The average molecular weight is 504 g/mol. The minimum absolute atomic E-state index is 0.0969. The van der Waals surface area contributed by atoms with Crippen molar-refractivity contribution in [2.24, 2.45) is 5.92 Å². The maximum absolute atomic E-state index is 13.3. The average Bonchev–Trinajstić information content (AvgIpc) is 2.84. The zero-order chi connectivity index (χ0) is 25.6. The standard InChI is InChI=1S/C26H37N3O5S/c1-6-14-29-16-19(2)25(33-5)17-28(4)26(30)23-13-12-21(15-24(23)34-18-20(29)3)27-35(31,32)22-10-8-7-9-11-22/h7-13,15,19-20,25,27H,6,14,16-18H2,1-5H3/t19-,20-,25+/m1/s1. The number of benzene rings is 2. The predicted octanol–water partition coefficient (Wildman–Crippen LogP) is 3.70. The van der Waals surface area contributed by atoms with Gasteiger partial charge in [-0.3, -0.25) is 14.4 Å². The fourth-order valence-electron chi connectivity index (χ4n) is 4.32. The van der Waals surface area contributed by atoms with Crippen LogP contribution in [0.5, 0.6) is 5.75 Å². The molecule has 192 valence electrons. The van der Waals surface area contributed by atoms with Crippen molar-refractivity contribution in [3.8, 4) is 5.75 Å². The van der Waals surface area contributed by atoms with E-state index in [1.54, 1.807) is 55.5 Å². The summed E-state index contributed by atoms with van der Waals surface area (Å²) in [5, 5.41) is 0. The highest BCUT2D eigenvalue weighted by molar-refractivity contribution is 7.92. The van der Waals surface area contributed by atoms with Gasteiger partial charge in [0.15, 0.2) is 0 Å². The summed E-state index contributed by atoms with van der Waals surface area (Å²) < 4.78 is 40.1. The van der Waals surface area contributed by atoms with E-state index in [2.05, 4.69) is 30.4 Å².